The van der Waals surface area contributed by atoms with Crippen molar-refractivity contribution in [1.82, 2.24) is 0 Å². The zero-order valence-electron chi connectivity index (χ0n) is 12.0. The van der Waals surface area contributed by atoms with Gasteiger partial charge in [-0.2, -0.15) is 0 Å². The molecule has 0 saturated heterocycles. The van der Waals surface area contributed by atoms with Gasteiger partial charge in [0.2, 0.25) is 0 Å². The zero-order valence-corrected chi connectivity index (χ0v) is 12.8. The average Bonchev–Trinajstić information content (AvgIpc) is 2.46. The van der Waals surface area contributed by atoms with E-state index in [0.29, 0.717) is 5.25 Å². The number of aliphatic hydroxyl groups is 1. The summed E-state index contributed by atoms with van der Waals surface area (Å²) in [6.07, 6.45) is 1.10. The first-order valence-electron chi connectivity index (χ1n) is 7.06. The van der Waals surface area contributed by atoms with Crippen molar-refractivity contribution in [2.24, 2.45) is 0 Å². The van der Waals surface area contributed by atoms with Crippen LogP contribution in [0.3, 0.4) is 0 Å². The lowest BCUT2D eigenvalue weighted by atomic mass is 9.78. The molecule has 1 N–H and O–H groups in total. The van der Waals surface area contributed by atoms with Crippen LogP contribution in [-0.4, -0.2) is 5.11 Å². The van der Waals surface area contributed by atoms with Gasteiger partial charge < -0.3 is 5.11 Å². The predicted octanol–water partition coefficient (Wildman–Crippen LogP) is 4.69. The molecule has 1 nitrogen and oxygen atoms in total. The fourth-order valence-corrected chi connectivity index (χ4v) is 4.85. The smallest absolute Gasteiger partial charge is 0.0684 e. The van der Waals surface area contributed by atoms with Gasteiger partial charge >= 0.3 is 0 Å². The molecule has 0 bridgehead atoms. The predicted molar refractivity (Wildman–Crippen MR) is 85.0 cm³/mol. The van der Waals surface area contributed by atoms with Crippen molar-refractivity contribution in [2.75, 3.05) is 0 Å². The third-order valence-electron chi connectivity index (χ3n) is 4.15. The lowest BCUT2D eigenvalue weighted by Crippen LogP contribution is -2.25. The second-order valence-corrected chi connectivity index (χ2v) is 7.29. The Morgan fingerprint density at radius 1 is 1.10 bits per heavy atom. The summed E-state index contributed by atoms with van der Waals surface area (Å²) in [5.41, 5.74) is 3.96. The Morgan fingerprint density at radius 2 is 1.80 bits per heavy atom. The van der Waals surface area contributed by atoms with Crippen LogP contribution in [0.2, 0.25) is 0 Å². The van der Waals surface area contributed by atoms with Crippen molar-refractivity contribution in [3.05, 3.63) is 65.2 Å². The summed E-state index contributed by atoms with van der Waals surface area (Å²) in [6.45, 7) is 4.76. The molecule has 1 unspecified atom stereocenters. The molecule has 0 spiro atoms. The maximum Gasteiger partial charge on any atom is 0.0684 e. The Bertz CT molecular complexity index is 618. The van der Waals surface area contributed by atoms with Gasteiger partial charge in [-0.3, -0.25) is 0 Å². The lowest BCUT2D eigenvalue weighted by molar-refractivity contribution is 0.280. The van der Waals surface area contributed by atoms with E-state index in [1.165, 1.54) is 16.0 Å². The summed E-state index contributed by atoms with van der Waals surface area (Å²) < 4.78 is 0. The molecule has 20 heavy (non-hydrogen) atoms. The summed E-state index contributed by atoms with van der Waals surface area (Å²) in [4.78, 5) is 1.38. The molecule has 104 valence electrons. The first kappa shape index (κ1) is 13.7. The summed E-state index contributed by atoms with van der Waals surface area (Å²) in [6, 6.07) is 17.0. The molecule has 1 aliphatic heterocycles. The summed E-state index contributed by atoms with van der Waals surface area (Å²) >= 11 is 1.93. The standard InChI is InChI=1S/C18H20OS/c1-18(2)11-17(14-8-4-3-7-13(14)12-19)20-16-10-6-5-9-15(16)18/h3-10,17,19H,11-12H2,1-2H3. The molecule has 0 aliphatic carbocycles. The first-order valence-corrected chi connectivity index (χ1v) is 7.94. The topological polar surface area (TPSA) is 20.2 Å². The first-order chi connectivity index (χ1) is 9.62. The number of fused-ring (bicyclic) bond motifs is 1. The molecular weight excluding hydrogens is 264 g/mol. The third-order valence-corrected chi connectivity index (χ3v) is 5.47. The fraction of sp³-hybridized carbons (Fsp3) is 0.333. The Hall–Kier alpha value is -1.25. The molecule has 0 aromatic heterocycles. The molecule has 1 heterocycles. The van der Waals surface area contributed by atoms with Crippen molar-refractivity contribution in [2.45, 2.75) is 42.4 Å². The average molecular weight is 284 g/mol. The van der Waals surface area contributed by atoms with Gasteiger partial charge in [0.1, 0.15) is 0 Å². The van der Waals surface area contributed by atoms with Gasteiger partial charge in [0.25, 0.3) is 0 Å². The van der Waals surface area contributed by atoms with Crippen molar-refractivity contribution in [3.8, 4) is 0 Å². The van der Waals surface area contributed by atoms with Crippen LogP contribution in [0, 0.1) is 0 Å². The third kappa shape index (κ3) is 2.38. The maximum absolute atomic E-state index is 9.57. The molecule has 2 heteroatoms. The van der Waals surface area contributed by atoms with Crippen LogP contribution in [-0.2, 0) is 12.0 Å². The molecule has 2 aromatic carbocycles. The Kier molecular flexibility index (Phi) is 3.61. The highest BCUT2D eigenvalue weighted by atomic mass is 32.2. The quantitative estimate of drug-likeness (QED) is 0.863. The van der Waals surface area contributed by atoms with Gasteiger partial charge in [-0.25, -0.2) is 0 Å². The number of benzene rings is 2. The highest BCUT2D eigenvalue weighted by molar-refractivity contribution is 7.99. The van der Waals surface area contributed by atoms with Crippen molar-refractivity contribution in [1.29, 1.82) is 0 Å². The lowest BCUT2D eigenvalue weighted by Gasteiger charge is -2.37. The number of rotatable bonds is 2. The molecule has 1 atom stereocenters. The van der Waals surface area contributed by atoms with Crippen LogP contribution in [0.1, 0.15) is 42.2 Å². The monoisotopic (exact) mass is 284 g/mol. The van der Waals surface area contributed by atoms with E-state index in [1.807, 2.05) is 23.9 Å². The van der Waals surface area contributed by atoms with Crippen LogP contribution < -0.4 is 0 Å². The van der Waals surface area contributed by atoms with E-state index in [1.54, 1.807) is 0 Å². The van der Waals surface area contributed by atoms with Gasteiger partial charge in [-0.05, 0) is 34.6 Å². The van der Waals surface area contributed by atoms with Crippen LogP contribution in [0.15, 0.2) is 53.4 Å². The van der Waals surface area contributed by atoms with E-state index in [4.69, 9.17) is 0 Å². The van der Waals surface area contributed by atoms with E-state index >= 15 is 0 Å². The number of aliphatic hydroxyl groups excluding tert-OH is 1. The largest absolute Gasteiger partial charge is 0.392 e. The normalized spacial score (nSPS) is 20.4. The molecule has 0 saturated carbocycles. The van der Waals surface area contributed by atoms with E-state index in [0.717, 1.165) is 12.0 Å². The van der Waals surface area contributed by atoms with Crippen LogP contribution >= 0.6 is 11.8 Å². The van der Waals surface area contributed by atoms with Gasteiger partial charge in [0, 0.05) is 10.1 Å². The highest BCUT2D eigenvalue weighted by Crippen LogP contribution is 2.52. The second-order valence-electron chi connectivity index (χ2n) is 6.05. The fourth-order valence-electron chi connectivity index (χ4n) is 3.06. The molecule has 0 fully saturated rings. The van der Waals surface area contributed by atoms with Crippen molar-refractivity contribution >= 4 is 11.8 Å². The molecular formula is C18H20OS. The number of hydrogen-bond donors (Lipinski definition) is 1. The molecule has 3 rings (SSSR count). The summed E-state index contributed by atoms with van der Waals surface area (Å²) in [5, 5.41) is 9.98. The van der Waals surface area contributed by atoms with E-state index < -0.39 is 0 Å². The zero-order chi connectivity index (χ0) is 14.2. The summed E-state index contributed by atoms with van der Waals surface area (Å²) in [5.74, 6) is 0. The SMILES string of the molecule is CC1(C)CC(c2ccccc2CO)Sc2ccccc21. The molecule has 2 aromatic rings. The van der Waals surface area contributed by atoms with Crippen molar-refractivity contribution in [3.63, 3.8) is 0 Å². The minimum atomic E-state index is 0.120. The molecule has 0 amide bonds. The Morgan fingerprint density at radius 3 is 2.60 bits per heavy atom. The van der Waals surface area contributed by atoms with Crippen molar-refractivity contribution < 1.29 is 5.11 Å². The summed E-state index contributed by atoms with van der Waals surface area (Å²) in [7, 11) is 0. The van der Waals surface area contributed by atoms with E-state index in [2.05, 4.69) is 50.2 Å². The van der Waals surface area contributed by atoms with Gasteiger partial charge in [-0.15, -0.1) is 11.8 Å². The van der Waals surface area contributed by atoms with Crippen LogP contribution in [0.4, 0.5) is 0 Å². The number of hydrogen-bond acceptors (Lipinski definition) is 2. The molecule has 1 aliphatic rings. The van der Waals surface area contributed by atoms with E-state index in [9.17, 15) is 5.11 Å². The Labute approximate surface area is 125 Å². The maximum atomic E-state index is 9.57. The number of thioether (sulfide) groups is 1. The second kappa shape index (κ2) is 5.27. The molecule has 0 radical (unpaired) electrons. The van der Waals surface area contributed by atoms with Gasteiger partial charge in [-0.1, -0.05) is 56.3 Å². The van der Waals surface area contributed by atoms with Gasteiger partial charge in [0.05, 0.1) is 6.61 Å². The minimum absolute atomic E-state index is 0.120. The van der Waals surface area contributed by atoms with Crippen LogP contribution in [0.25, 0.3) is 0 Å². The Balaban J connectivity index is 2.03. The van der Waals surface area contributed by atoms with Gasteiger partial charge in [0.15, 0.2) is 0 Å². The van der Waals surface area contributed by atoms with Crippen LogP contribution in [0.5, 0.6) is 0 Å². The highest BCUT2D eigenvalue weighted by Gasteiger charge is 2.34. The van der Waals surface area contributed by atoms with E-state index in [-0.39, 0.29) is 12.0 Å². The minimum Gasteiger partial charge on any atom is -0.392 e.